The van der Waals surface area contributed by atoms with E-state index >= 15 is 0 Å². The van der Waals surface area contributed by atoms with E-state index in [2.05, 4.69) is 12.2 Å². The SMILES string of the molecule is COc1cc(NC(C)c2cccc(Cl)c2)ccc1N. The van der Waals surface area contributed by atoms with Crippen molar-refractivity contribution in [2.24, 2.45) is 0 Å². The van der Waals surface area contributed by atoms with E-state index in [1.54, 1.807) is 7.11 Å². The van der Waals surface area contributed by atoms with Gasteiger partial charge < -0.3 is 15.8 Å². The van der Waals surface area contributed by atoms with Gasteiger partial charge in [-0.05, 0) is 36.8 Å². The van der Waals surface area contributed by atoms with Crippen LogP contribution in [0.5, 0.6) is 5.75 Å². The molecule has 1 unspecified atom stereocenters. The van der Waals surface area contributed by atoms with Crippen molar-refractivity contribution >= 4 is 23.0 Å². The number of nitrogen functional groups attached to an aromatic ring is 1. The monoisotopic (exact) mass is 276 g/mol. The van der Waals surface area contributed by atoms with Crippen LogP contribution in [0, 0.1) is 0 Å². The lowest BCUT2D eigenvalue weighted by Crippen LogP contribution is -2.07. The molecule has 0 saturated carbocycles. The molecule has 2 aromatic rings. The Morgan fingerprint density at radius 2 is 2.00 bits per heavy atom. The normalized spacial score (nSPS) is 11.9. The third-order valence-corrected chi connectivity index (χ3v) is 3.20. The maximum Gasteiger partial charge on any atom is 0.143 e. The summed E-state index contributed by atoms with van der Waals surface area (Å²) in [6, 6.07) is 13.6. The van der Waals surface area contributed by atoms with Crippen LogP contribution < -0.4 is 15.8 Å². The number of benzene rings is 2. The van der Waals surface area contributed by atoms with Gasteiger partial charge in [0.2, 0.25) is 0 Å². The molecule has 3 N–H and O–H groups in total. The molecule has 100 valence electrons. The summed E-state index contributed by atoms with van der Waals surface area (Å²) in [5.41, 5.74) is 8.50. The Hall–Kier alpha value is -1.87. The molecule has 2 rings (SSSR count). The fourth-order valence-electron chi connectivity index (χ4n) is 1.91. The number of ether oxygens (including phenoxy) is 1. The summed E-state index contributed by atoms with van der Waals surface area (Å²) < 4.78 is 5.21. The zero-order chi connectivity index (χ0) is 13.8. The lowest BCUT2D eigenvalue weighted by Gasteiger charge is -2.17. The Morgan fingerprint density at radius 3 is 2.68 bits per heavy atom. The first kappa shape index (κ1) is 13.6. The molecule has 2 aromatic carbocycles. The highest BCUT2D eigenvalue weighted by atomic mass is 35.5. The van der Waals surface area contributed by atoms with Crippen molar-refractivity contribution in [2.45, 2.75) is 13.0 Å². The van der Waals surface area contributed by atoms with Gasteiger partial charge in [0.05, 0.1) is 12.8 Å². The quantitative estimate of drug-likeness (QED) is 0.827. The number of hydrogen-bond acceptors (Lipinski definition) is 3. The number of hydrogen-bond donors (Lipinski definition) is 2. The second kappa shape index (κ2) is 5.85. The molecule has 0 amide bonds. The lowest BCUT2D eigenvalue weighted by atomic mass is 10.1. The average Bonchev–Trinajstić information content (AvgIpc) is 2.41. The van der Waals surface area contributed by atoms with Gasteiger partial charge in [-0.3, -0.25) is 0 Å². The highest BCUT2D eigenvalue weighted by Gasteiger charge is 2.07. The molecule has 0 bridgehead atoms. The molecular formula is C15H17ClN2O. The molecule has 19 heavy (non-hydrogen) atoms. The molecule has 0 fully saturated rings. The third kappa shape index (κ3) is 3.32. The Kier molecular flexibility index (Phi) is 4.17. The standard InChI is InChI=1S/C15H17ClN2O/c1-10(11-4-3-5-12(16)8-11)18-13-6-7-14(17)15(9-13)19-2/h3-10,18H,17H2,1-2H3. The number of anilines is 2. The second-order valence-electron chi connectivity index (χ2n) is 4.38. The van der Waals surface area contributed by atoms with E-state index in [0.717, 1.165) is 16.3 Å². The topological polar surface area (TPSA) is 47.3 Å². The third-order valence-electron chi connectivity index (χ3n) is 2.97. The molecular weight excluding hydrogens is 260 g/mol. The minimum Gasteiger partial charge on any atom is -0.495 e. The maximum atomic E-state index is 6.00. The summed E-state index contributed by atoms with van der Waals surface area (Å²) in [6.45, 7) is 2.08. The van der Waals surface area contributed by atoms with Crippen LogP contribution in [-0.2, 0) is 0 Å². The van der Waals surface area contributed by atoms with Crippen LogP contribution in [0.3, 0.4) is 0 Å². The molecule has 0 aliphatic carbocycles. The van der Waals surface area contributed by atoms with Gasteiger partial charge in [0, 0.05) is 22.8 Å². The largest absolute Gasteiger partial charge is 0.495 e. The summed E-state index contributed by atoms with van der Waals surface area (Å²) in [7, 11) is 1.61. The van der Waals surface area contributed by atoms with Crippen LogP contribution >= 0.6 is 11.6 Å². The smallest absolute Gasteiger partial charge is 0.143 e. The maximum absolute atomic E-state index is 6.00. The molecule has 0 radical (unpaired) electrons. The summed E-state index contributed by atoms with van der Waals surface area (Å²) in [5, 5.41) is 4.13. The first-order chi connectivity index (χ1) is 9.10. The van der Waals surface area contributed by atoms with E-state index in [9.17, 15) is 0 Å². The highest BCUT2D eigenvalue weighted by molar-refractivity contribution is 6.30. The molecule has 0 aromatic heterocycles. The van der Waals surface area contributed by atoms with Gasteiger partial charge in [-0.25, -0.2) is 0 Å². The van der Waals surface area contributed by atoms with Gasteiger partial charge in [0.15, 0.2) is 0 Å². The first-order valence-corrected chi connectivity index (χ1v) is 6.43. The first-order valence-electron chi connectivity index (χ1n) is 6.05. The predicted molar refractivity (Wildman–Crippen MR) is 80.9 cm³/mol. The van der Waals surface area contributed by atoms with Gasteiger partial charge in [0.25, 0.3) is 0 Å². The van der Waals surface area contributed by atoms with Gasteiger partial charge in [-0.1, -0.05) is 23.7 Å². The van der Waals surface area contributed by atoms with E-state index in [4.69, 9.17) is 22.1 Å². The molecule has 3 nitrogen and oxygen atoms in total. The molecule has 0 spiro atoms. The van der Waals surface area contributed by atoms with Gasteiger partial charge in [-0.15, -0.1) is 0 Å². The Labute approximate surface area is 118 Å². The van der Waals surface area contributed by atoms with Crippen LogP contribution in [0.25, 0.3) is 0 Å². The zero-order valence-electron chi connectivity index (χ0n) is 11.0. The number of nitrogens with two attached hydrogens (primary N) is 1. The Morgan fingerprint density at radius 1 is 1.21 bits per heavy atom. The number of halogens is 1. The molecule has 0 aliphatic heterocycles. The van der Waals surface area contributed by atoms with E-state index in [1.165, 1.54) is 0 Å². The summed E-state index contributed by atoms with van der Waals surface area (Å²) >= 11 is 6.00. The Balaban J connectivity index is 2.17. The minimum atomic E-state index is 0.145. The molecule has 4 heteroatoms. The molecule has 1 atom stereocenters. The van der Waals surface area contributed by atoms with Crippen LogP contribution in [0.2, 0.25) is 5.02 Å². The van der Waals surface area contributed by atoms with E-state index in [-0.39, 0.29) is 6.04 Å². The van der Waals surface area contributed by atoms with Gasteiger partial charge in [0.1, 0.15) is 5.75 Å². The minimum absolute atomic E-state index is 0.145. The second-order valence-corrected chi connectivity index (χ2v) is 4.81. The summed E-state index contributed by atoms with van der Waals surface area (Å²) in [5.74, 6) is 0.670. The number of nitrogens with one attached hydrogen (secondary N) is 1. The van der Waals surface area contributed by atoms with Crippen molar-refractivity contribution in [2.75, 3.05) is 18.2 Å². The fraction of sp³-hybridized carbons (Fsp3) is 0.200. The van der Waals surface area contributed by atoms with Gasteiger partial charge in [-0.2, -0.15) is 0 Å². The van der Waals surface area contributed by atoms with Crippen molar-refractivity contribution < 1.29 is 4.74 Å². The highest BCUT2D eigenvalue weighted by Crippen LogP contribution is 2.28. The van der Waals surface area contributed by atoms with Gasteiger partial charge >= 0.3 is 0 Å². The summed E-state index contributed by atoms with van der Waals surface area (Å²) in [4.78, 5) is 0. The Bertz CT molecular complexity index is 572. The molecule has 0 aliphatic rings. The van der Waals surface area contributed by atoms with Crippen LogP contribution in [0.15, 0.2) is 42.5 Å². The molecule has 0 saturated heterocycles. The van der Waals surface area contributed by atoms with E-state index in [0.29, 0.717) is 11.4 Å². The van der Waals surface area contributed by atoms with Crippen LogP contribution in [-0.4, -0.2) is 7.11 Å². The van der Waals surface area contributed by atoms with Crippen molar-refractivity contribution in [3.05, 3.63) is 53.1 Å². The molecule has 0 heterocycles. The van der Waals surface area contributed by atoms with E-state index in [1.807, 2.05) is 42.5 Å². The van der Waals surface area contributed by atoms with Crippen molar-refractivity contribution in [3.63, 3.8) is 0 Å². The van der Waals surface area contributed by atoms with Crippen molar-refractivity contribution in [1.82, 2.24) is 0 Å². The number of rotatable bonds is 4. The zero-order valence-corrected chi connectivity index (χ0v) is 11.7. The fourth-order valence-corrected chi connectivity index (χ4v) is 2.11. The van der Waals surface area contributed by atoms with Crippen molar-refractivity contribution in [3.8, 4) is 5.75 Å². The van der Waals surface area contributed by atoms with Crippen LogP contribution in [0.4, 0.5) is 11.4 Å². The van der Waals surface area contributed by atoms with Crippen molar-refractivity contribution in [1.29, 1.82) is 0 Å². The lowest BCUT2D eigenvalue weighted by molar-refractivity contribution is 0.417. The average molecular weight is 277 g/mol. The predicted octanol–water partition coefficient (Wildman–Crippen LogP) is 4.10. The van der Waals surface area contributed by atoms with Crippen LogP contribution in [0.1, 0.15) is 18.5 Å². The van der Waals surface area contributed by atoms with E-state index < -0.39 is 0 Å². The number of methoxy groups -OCH3 is 1. The summed E-state index contributed by atoms with van der Waals surface area (Å²) in [6.07, 6.45) is 0.